The summed E-state index contributed by atoms with van der Waals surface area (Å²) in [6, 6.07) is 4.44. The Balaban J connectivity index is 2.17. The average molecular weight is 199 g/mol. The molecule has 3 heteroatoms. The highest BCUT2D eigenvalue weighted by Gasteiger charge is 2.17. The lowest BCUT2D eigenvalue weighted by atomic mass is 9.97. The highest BCUT2D eigenvalue weighted by Crippen LogP contribution is 2.34. The van der Waals surface area contributed by atoms with E-state index in [4.69, 9.17) is 0 Å². The van der Waals surface area contributed by atoms with Crippen LogP contribution in [-0.4, -0.2) is 10.2 Å². The first-order valence-corrected chi connectivity index (χ1v) is 5.13. The van der Waals surface area contributed by atoms with Crippen LogP contribution in [0.1, 0.15) is 22.4 Å². The molecular formula is C12H13N3. The Morgan fingerprint density at radius 1 is 1.27 bits per heavy atom. The molecule has 0 atom stereocenters. The maximum atomic E-state index is 4.05. The second kappa shape index (κ2) is 2.86. The lowest BCUT2D eigenvalue weighted by molar-refractivity contribution is 0.988. The Bertz CT molecular complexity index is 526. The van der Waals surface area contributed by atoms with Gasteiger partial charge in [0, 0.05) is 12.1 Å². The molecule has 15 heavy (non-hydrogen) atoms. The van der Waals surface area contributed by atoms with Crippen molar-refractivity contribution in [1.82, 2.24) is 10.2 Å². The smallest absolute Gasteiger partial charge is 0.0804 e. The SMILES string of the molecule is Cc1cc(C)c2c(c1)Cc1[nH]ncc1N2. The fourth-order valence-corrected chi connectivity index (χ4v) is 2.25. The lowest BCUT2D eigenvalue weighted by Gasteiger charge is -2.20. The molecule has 0 amide bonds. The summed E-state index contributed by atoms with van der Waals surface area (Å²) in [7, 11) is 0. The van der Waals surface area contributed by atoms with E-state index in [1.807, 2.05) is 6.20 Å². The third kappa shape index (κ3) is 1.23. The van der Waals surface area contributed by atoms with Crippen molar-refractivity contribution in [3.05, 3.63) is 40.7 Å². The first kappa shape index (κ1) is 8.53. The van der Waals surface area contributed by atoms with Crippen LogP contribution in [0, 0.1) is 13.8 Å². The number of rotatable bonds is 0. The summed E-state index contributed by atoms with van der Waals surface area (Å²) in [6.45, 7) is 4.28. The minimum atomic E-state index is 0.945. The predicted octanol–water partition coefficient (Wildman–Crippen LogP) is 2.67. The van der Waals surface area contributed by atoms with Gasteiger partial charge in [-0.15, -0.1) is 0 Å². The van der Waals surface area contributed by atoms with Crippen LogP contribution in [-0.2, 0) is 6.42 Å². The molecule has 1 aromatic heterocycles. The molecule has 76 valence electrons. The van der Waals surface area contributed by atoms with E-state index in [1.165, 1.54) is 28.1 Å². The molecule has 3 rings (SSSR count). The zero-order chi connectivity index (χ0) is 10.4. The van der Waals surface area contributed by atoms with E-state index in [1.54, 1.807) is 0 Å². The van der Waals surface area contributed by atoms with Crippen LogP contribution in [0.15, 0.2) is 18.3 Å². The summed E-state index contributed by atoms with van der Waals surface area (Å²) in [4.78, 5) is 0. The molecule has 0 aliphatic carbocycles. The Morgan fingerprint density at radius 3 is 3.00 bits per heavy atom. The summed E-state index contributed by atoms with van der Waals surface area (Å²) < 4.78 is 0. The van der Waals surface area contributed by atoms with E-state index in [0.717, 1.165) is 12.1 Å². The van der Waals surface area contributed by atoms with Crippen molar-refractivity contribution in [2.45, 2.75) is 20.3 Å². The fourth-order valence-electron chi connectivity index (χ4n) is 2.25. The zero-order valence-electron chi connectivity index (χ0n) is 8.89. The van der Waals surface area contributed by atoms with Gasteiger partial charge in [0.25, 0.3) is 0 Å². The quantitative estimate of drug-likeness (QED) is 0.584. The van der Waals surface area contributed by atoms with E-state index >= 15 is 0 Å². The van der Waals surface area contributed by atoms with Crippen LogP contribution in [0.4, 0.5) is 11.4 Å². The van der Waals surface area contributed by atoms with Crippen LogP contribution in [0.25, 0.3) is 0 Å². The number of H-pyrrole nitrogens is 1. The van der Waals surface area contributed by atoms with Crippen LogP contribution >= 0.6 is 0 Å². The molecule has 0 bridgehead atoms. The van der Waals surface area contributed by atoms with E-state index in [0.29, 0.717) is 0 Å². The molecule has 0 spiro atoms. The third-order valence-corrected chi connectivity index (χ3v) is 2.91. The van der Waals surface area contributed by atoms with Gasteiger partial charge < -0.3 is 5.32 Å². The summed E-state index contributed by atoms with van der Waals surface area (Å²) >= 11 is 0. The van der Waals surface area contributed by atoms with Gasteiger partial charge in [-0.1, -0.05) is 17.7 Å². The standard InChI is InChI=1S/C12H13N3/c1-7-3-8(2)12-9(4-7)5-10-11(14-12)6-13-15-10/h3-4,6,14H,5H2,1-2H3,(H,13,15). The molecular weight excluding hydrogens is 186 g/mol. The fraction of sp³-hybridized carbons (Fsp3) is 0.250. The molecule has 1 aliphatic rings. The molecule has 0 unspecified atom stereocenters. The van der Waals surface area contributed by atoms with E-state index in [2.05, 4.69) is 41.5 Å². The molecule has 1 aromatic carbocycles. The van der Waals surface area contributed by atoms with E-state index in [-0.39, 0.29) is 0 Å². The lowest BCUT2D eigenvalue weighted by Crippen LogP contribution is -2.07. The van der Waals surface area contributed by atoms with Crippen molar-refractivity contribution < 1.29 is 0 Å². The average Bonchev–Trinajstić information content (AvgIpc) is 2.61. The number of anilines is 2. The molecule has 0 saturated carbocycles. The molecule has 0 fully saturated rings. The molecule has 3 nitrogen and oxygen atoms in total. The Morgan fingerprint density at radius 2 is 2.13 bits per heavy atom. The summed E-state index contributed by atoms with van der Waals surface area (Å²) in [5.41, 5.74) is 7.49. The van der Waals surface area contributed by atoms with Crippen LogP contribution < -0.4 is 5.32 Å². The minimum Gasteiger partial charge on any atom is -0.352 e. The molecule has 2 aromatic rings. The molecule has 2 N–H and O–H groups in total. The second-order valence-corrected chi connectivity index (χ2v) is 4.18. The van der Waals surface area contributed by atoms with Gasteiger partial charge in [0.05, 0.1) is 17.6 Å². The zero-order valence-corrected chi connectivity index (χ0v) is 8.89. The largest absolute Gasteiger partial charge is 0.352 e. The normalized spacial score (nSPS) is 12.9. The number of hydrogen-bond acceptors (Lipinski definition) is 2. The number of hydrogen-bond donors (Lipinski definition) is 2. The highest BCUT2D eigenvalue weighted by molar-refractivity contribution is 5.72. The number of benzene rings is 1. The summed E-state index contributed by atoms with van der Waals surface area (Å²) in [6.07, 6.45) is 2.79. The van der Waals surface area contributed by atoms with E-state index < -0.39 is 0 Å². The first-order chi connectivity index (χ1) is 7.24. The maximum Gasteiger partial charge on any atom is 0.0804 e. The van der Waals surface area contributed by atoms with Crippen molar-refractivity contribution in [1.29, 1.82) is 0 Å². The van der Waals surface area contributed by atoms with Gasteiger partial charge in [0.15, 0.2) is 0 Å². The third-order valence-electron chi connectivity index (χ3n) is 2.91. The topological polar surface area (TPSA) is 40.7 Å². The van der Waals surface area contributed by atoms with Gasteiger partial charge in [0.2, 0.25) is 0 Å². The van der Waals surface area contributed by atoms with Crippen molar-refractivity contribution >= 4 is 11.4 Å². The number of fused-ring (bicyclic) bond motifs is 2. The van der Waals surface area contributed by atoms with Gasteiger partial charge in [0.1, 0.15) is 0 Å². The number of nitrogens with one attached hydrogen (secondary N) is 2. The minimum absolute atomic E-state index is 0.945. The molecule has 0 radical (unpaired) electrons. The maximum absolute atomic E-state index is 4.05. The van der Waals surface area contributed by atoms with Crippen molar-refractivity contribution in [2.75, 3.05) is 5.32 Å². The monoisotopic (exact) mass is 199 g/mol. The van der Waals surface area contributed by atoms with Crippen molar-refractivity contribution in [2.24, 2.45) is 0 Å². The van der Waals surface area contributed by atoms with Crippen LogP contribution in [0.2, 0.25) is 0 Å². The highest BCUT2D eigenvalue weighted by atomic mass is 15.1. The van der Waals surface area contributed by atoms with Crippen LogP contribution in [0.3, 0.4) is 0 Å². The molecule has 0 saturated heterocycles. The van der Waals surface area contributed by atoms with Gasteiger partial charge in [-0.05, 0) is 25.0 Å². The second-order valence-electron chi connectivity index (χ2n) is 4.18. The number of nitrogens with zero attached hydrogens (tertiary/aromatic N) is 1. The van der Waals surface area contributed by atoms with Gasteiger partial charge >= 0.3 is 0 Å². The van der Waals surface area contributed by atoms with Gasteiger partial charge in [-0.25, -0.2) is 0 Å². The molecule has 2 heterocycles. The van der Waals surface area contributed by atoms with E-state index in [9.17, 15) is 0 Å². The van der Waals surface area contributed by atoms with Gasteiger partial charge in [-0.2, -0.15) is 5.10 Å². The first-order valence-electron chi connectivity index (χ1n) is 5.13. The van der Waals surface area contributed by atoms with Crippen LogP contribution in [0.5, 0.6) is 0 Å². The number of aromatic amines is 1. The number of aryl methyl sites for hydroxylation is 2. The Hall–Kier alpha value is -1.77. The summed E-state index contributed by atoms with van der Waals surface area (Å²) in [5.74, 6) is 0. The van der Waals surface area contributed by atoms with Crippen molar-refractivity contribution in [3.8, 4) is 0 Å². The number of aromatic nitrogens is 2. The Labute approximate surface area is 88.5 Å². The predicted molar refractivity (Wildman–Crippen MR) is 60.6 cm³/mol. The van der Waals surface area contributed by atoms with Crippen molar-refractivity contribution in [3.63, 3.8) is 0 Å². The van der Waals surface area contributed by atoms with Gasteiger partial charge in [-0.3, -0.25) is 5.10 Å². The molecule has 1 aliphatic heterocycles. The summed E-state index contributed by atoms with van der Waals surface area (Å²) in [5, 5.41) is 10.5. The Kier molecular flexibility index (Phi) is 1.63.